The van der Waals surface area contributed by atoms with Gasteiger partial charge in [-0.25, -0.2) is 14.1 Å². The maximum absolute atomic E-state index is 13.2. The van der Waals surface area contributed by atoms with E-state index in [-0.39, 0.29) is 16.9 Å². The van der Waals surface area contributed by atoms with Crippen molar-refractivity contribution in [2.24, 2.45) is 4.99 Å². The Morgan fingerprint density at radius 3 is 2.67 bits per heavy atom. The number of benzene rings is 2. The number of fused-ring (bicyclic) bond motifs is 2. The highest BCUT2D eigenvalue weighted by Gasteiger charge is 2.26. The highest BCUT2D eigenvalue weighted by molar-refractivity contribution is 6.02. The summed E-state index contributed by atoms with van der Waals surface area (Å²) < 4.78 is 16.3. The van der Waals surface area contributed by atoms with Crippen LogP contribution in [0.5, 0.6) is 0 Å². The molecule has 0 saturated heterocycles. The zero-order valence-electron chi connectivity index (χ0n) is 16.7. The molecular formula is C23H20FN5O. The van der Waals surface area contributed by atoms with Crippen LogP contribution in [-0.4, -0.2) is 30.6 Å². The summed E-state index contributed by atoms with van der Waals surface area (Å²) in [6.45, 7) is 4.53. The zero-order valence-corrected chi connectivity index (χ0v) is 16.7. The molecule has 0 fully saturated rings. The smallest absolute Gasteiger partial charge is 0.264 e. The lowest BCUT2D eigenvalue weighted by Gasteiger charge is -2.29. The normalized spacial score (nSPS) is 15.1. The first-order valence-electron chi connectivity index (χ1n) is 9.77. The van der Waals surface area contributed by atoms with Gasteiger partial charge in [0.15, 0.2) is 5.65 Å². The van der Waals surface area contributed by atoms with Gasteiger partial charge >= 0.3 is 0 Å². The number of aromatic nitrogens is 4. The van der Waals surface area contributed by atoms with Crippen molar-refractivity contribution in [1.82, 2.24) is 19.3 Å². The van der Waals surface area contributed by atoms with Crippen LogP contribution in [0.4, 0.5) is 4.39 Å². The maximum atomic E-state index is 13.2. The van der Waals surface area contributed by atoms with Crippen molar-refractivity contribution in [2.45, 2.75) is 32.4 Å². The van der Waals surface area contributed by atoms with Gasteiger partial charge in [-0.15, -0.1) is 0 Å². The van der Waals surface area contributed by atoms with Crippen LogP contribution in [0.3, 0.4) is 0 Å². The van der Waals surface area contributed by atoms with Gasteiger partial charge in [0, 0.05) is 5.56 Å². The van der Waals surface area contributed by atoms with E-state index in [1.165, 1.54) is 34.9 Å². The van der Waals surface area contributed by atoms with Gasteiger partial charge in [-0.05, 0) is 50.1 Å². The third-order valence-electron chi connectivity index (χ3n) is 5.33. The molecule has 0 spiro atoms. The molecule has 0 N–H and O–H groups in total. The molecule has 0 aliphatic carbocycles. The van der Waals surface area contributed by atoms with Crippen LogP contribution in [0.15, 0.2) is 70.8 Å². The summed E-state index contributed by atoms with van der Waals surface area (Å²) in [5, 5.41) is 4.70. The Morgan fingerprint density at radius 1 is 1.10 bits per heavy atom. The molecule has 0 radical (unpaired) electrons. The third-order valence-corrected chi connectivity index (χ3v) is 5.33. The van der Waals surface area contributed by atoms with Crippen LogP contribution in [0.2, 0.25) is 0 Å². The Balaban J connectivity index is 1.56. The summed E-state index contributed by atoms with van der Waals surface area (Å²) in [5.41, 5.74) is 3.85. The minimum atomic E-state index is -0.331. The number of hydrogen-bond acceptors (Lipinski definition) is 4. The summed E-state index contributed by atoms with van der Waals surface area (Å²) in [6, 6.07) is 14.1. The van der Waals surface area contributed by atoms with E-state index in [0.717, 1.165) is 17.7 Å². The Bertz CT molecular complexity index is 1350. The second-order valence-corrected chi connectivity index (χ2v) is 8.15. The molecule has 5 rings (SSSR count). The molecule has 3 heterocycles. The number of halogens is 1. The largest absolute Gasteiger partial charge is 0.292 e. The van der Waals surface area contributed by atoms with E-state index in [4.69, 9.17) is 4.99 Å². The summed E-state index contributed by atoms with van der Waals surface area (Å²) >= 11 is 0. The zero-order chi connectivity index (χ0) is 20.9. The fourth-order valence-corrected chi connectivity index (χ4v) is 4.00. The minimum Gasteiger partial charge on any atom is -0.292 e. The molecule has 2 aromatic heterocycles. The van der Waals surface area contributed by atoms with Gasteiger partial charge in [-0.3, -0.25) is 14.4 Å². The maximum Gasteiger partial charge on any atom is 0.264 e. The molecule has 1 aliphatic heterocycles. The molecule has 0 atom stereocenters. The van der Waals surface area contributed by atoms with Crippen LogP contribution >= 0.6 is 0 Å². The summed E-state index contributed by atoms with van der Waals surface area (Å²) in [5.74, 6) is -0.331. The van der Waals surface area contributed by atoms with Crippen molar-refractivity contribution < 1.29 is 4.39 Å². The van der Waals surface area contributed by atoms with Gasteiger partial charge in [-0.2, -0.15) is 5.10 Å². The van der Waals surface area contributed by atoms with Gasteiger partial charge in [0.25, 0.3) is 5.56 Å². The monoisotopic (exact) mass is 401 g/mol. The quantitative estimate of drug-likeness (QED) is 0.527. The van der Waals surface area contributed by atoms with E-state index in [1.54, 1.807) is 16.7 Å². The molecule has 0 unspecified atom stereocenters. The third kappa shape index (κ3) is 3.12. The van der Waals surface area contributed by atoms with Gasteiger partial charge in [0.1, 0.15) is 17.5 Å². The van der Waals surface area contributed by atoms with Crippen LogP contribution in [0.25, 0.3) is 16.7 Å². The molecule has 1 aliphatic rings. The topological polar surface area (TPSA) is 65.1 Å². The Labute approximate surface area is 172 Å². The van der Waals surface area contributed by atoms with Gasteiger partial charge < -0.3 is 0 Å². The molecule has 150 valence electrons. The number of nitrogens with zero attached hydrogens (tertiary/aromatic N) is 5. The lowest BCUT2D eigenvalue weighted by atomic mass is 9.87. The first-order valence-corrected chi connectivity index (χ1v) is 9.77. The van der Waals surface area contributed by atoms with Crippen molar-refractivity contribution in [3.05, 3.63) is 88.4 Å². The van der Waals surface area contributed by atoms with E-state index in [9.17, 15) is 9.18 Å². The van der Waals surface area contributed by atoms with Crippen molar-refractivity contribution >= 4 is 16.7 Å². The molecule has 0 saturated carbocycles. The van der Waals surface area contributed by atoms with E-state index in [2.05, 4.69) is 30.0 Å². The van der Waals surface area contributed by atoms with Crippen LogP contribution in [-0.2, 0) is 13.0 Å². The van der Waals surface area contributed by atoms with E-state index in [1.807, 2.05) is 18.2 Å². The molecule has 7 heteroatoms. The van der Waals surface area contributed by atoms with Crippen molar-refractivity contribution in [2.75, 3.05) is 0 Å². The fourth-order valence-electron chi connectivity index (χ4n) is 4.00. The average Bonchev–Trinajstić information content (AvgIpc) is 3.15. The highest BCUT2D eigenvalue weighted by atomic mass is 19.1. The summed E-state index contributed by atoms with van der Waals surface area (Å²) in [4.78, 5) is 22.5. The molecule has 0 bridgehead atoms. The second kappa shape index (κ2) is 6.73. The molecule has 2 aromatic carbocycles. The first-order chi connectivity index (χ1) is 14.4. The Kier molecular flexibility index (Phi) is 4.13. The Morgan fingerprint density at radius 2 is 1.87 bits per heavy atom. The van der Waals surface area contributed by atoms with Crippen molar-refractivity contribution in [3.8, 4) is 5.69 Å². The minimum absolute atomic E-state index is 0.183. The van der Waals surface area contributed by atoms with E-state index < -0.39 is 0 Å². The van der Waals surface area contributed by atoms with Gasteiger partial charge in [0.05, 0.1) is 29.7 Å². The lowest BCUT2D eigenvalue weighted by Crippen LogP contribution is -2.33. The van der Waals surface area contributed by atoms with Crippen molar-refractivity contribution in [1.29, 1.82) is 0 Å². The predicted molar refractivity (Wildman–Crippen MR) is 114 cm³/mol. The van der Waals surface area contributed by atoms with E-state index in [0.29, 0.717) is 23.3 Å². The number of aliphatic imine (C=N–C) groups is 1. The van der Waals surface area contributed by atoms with E-state index >= 15 is 0 Å². The first kappa shape index (κ1) is 18.4. The van der Waals surface area contributed by atoms with Crippen LogP contribution in [0, 0.1) is 5.82 Å². The average molecular weight is 401 g/mol. The van der Waals surface area contributed by atoms with Crippen molar-refractivity contribution in [3.63, 3.8) is 0 Å². The van der Waals surface area contributed by atoms with Crippen LogP contribution < -0.4 is 5.56 Å². The van der Waals surface area contributed by atoms with Gasteiger partial charge in [0.2, 0.25) is 0 Å². The number of rotatable bonds is 3. The standard InChI is InChI=1S/C23H20FN5O/c1-23(2)11-15-5-3-4-6-18(15)20(27-23)13-28-14-25-21-19(22(28)30)12-26-29(21)17-9-7-16(24)8-10-17/h3-10,12,14H,11,13H2,1-2H3. The highest BCUT2D eigenvalue weighted by Crippen LogP contribution is 2.27. The molecule has 0 amide bonds. The molecule has 6 nitrogen and oxygen atoms in total. The summed E-state index contributed by atoms with van der Waals surface area (Å²) in [7, 11) is 0. The van der Waals surface area contributed by atoms with Crippen LogP contribution in [0.1, 0.15) is 25.0 Å². The predicted octanol–water partition coefficient (Wildman–Crippen LogP) is 3.55. The number of hydrogen-bond donors (Lipinski definition) is 0. The lowest BCUT2D eigenvalue weighted by molar-refractivity contribution is 0.509. The molecular weight excluding hydrogens is 381 g/mol. The van der Waals surface area contributed by atoms with Gasteiger partial charge in [-0.1, -0.05) is 24.3 Å². The summed E-state index contributed by atoms with van der Waals surface area (Å²) in [6.07, 6.45) is 3.90. The molecule has 30 heavy (non-hydrogen) atoms. The fraction of sp³-hybridized carbons (Fsp3) is 0.217. The Hall–Kier alpha value is -3.61. The second-order valence-electron chi connectivity index (χ2n) is 8.15. The SMILES string of the molecule is CC1(C)Cc2ccccc2C(Cn2cnc3c(cnn3-c3ccc(F)cc3)c2=O)=N1. The molecule has 4 aromatic rings.